The summed E-state index contributed by atoms with van der Waals surface area (Å²) in [6, 6.07) is 18.7. The van der Waals surface area contributed by atoms with E-state index in [1.165, 1.54) is 12.1 Å². The number of aliphatic carboxylic acids is 1. The fourth-order valence-corrected chi connectivity index (χ4v) is 4.95. The molecule has 0 spiro atoms. The predicted octanol–water partition coefficient (Wildman–Crippen LogP) is 5.13. The summed E-state index contributed by atoms with van der Waals surface area (Å²) in [5, 5.41) is 12.9. The Kier molecular flexibility index (Phi) is 10.7. The molecule has 0 saturated carbocycles. The highest BCUT2D eigenvalue weighted by atomic mass is 35.5. The van der Waals surface area contributed by atoms with Crippen molar-refractivity contribution in [2.24, 2.45) is 0 Å². The first-order valence-corrected chi connectivity index (χ1v) is 14.2. The topological polar surface area (TPSA) is 122 Å². The average molecular weight is 559 g/mol. The van der Waals surface area contributed by atoms with Gasteiger partial charge in [-0.1, -0.05) is 49.2 Å². The van der Waals surface area contributed by atoms with Crippen molar-refractivity contribution in [3.63, 3.8) is 0 Å². The molecule has 0 aliphatic heterocycles. The van der Waals surface area contributed by atoms with Gasteiger partial charge in [-0.2, -0.15) is 4.72 Å². The number of carbonyl (C=O) groups is 2. The van der Waals surface area contributed by atoms with E-state index in [1.807, 2.05) is 12.1 Å². The van der Waals surface area contributed by atoms with Crippen molar-refractivity contribution in [3.05, 3.63) is 83.4 Å². The third kappa shape index (κ3) is 8.58. The second kappa shape index (κ2) is 13.9. The van der Waals surface area contributed by atoms with Crippen molar-refractivity contribution < 1.29 is 27.9 Å². The fraction of sp³-hybridized carbons (Fsp3) is 0.286. The molecule has 0 radical (unpaired) electrons. The molecule has 3 aromatic carbocycles. The lowest BCUT2D eigenvalue weighted by molar-refractivity contribution is -0.139. The van der Waals surface area contributed by atoms with Crippen LogP contribution in [0.4, 0.5) is 0 Å². The number of unbranched alkanes of at least 4 members (excludes halogenated alkanes) is 1. The van der Waals surface area contributed by atoms with Gasteiger partial charge in [0, 0.05) is 17.1 Å². The molecule has 8 nitrogen and oxygen atoms in total. The standard InChI is InChI=1S/C28H31ClN2O6S/c1-2-3-19-37-24-14-8-22(9-15-24)27(32)30-18-4-5-26(28(33)34)31-38(35,36)25-16-10-21(11-17-25)20-6-12-23(29)13-7-20/h6-17,26,31H,2-5,18-19H2,1H3,(H,30,32)(H,33,34). The van der Waals surface area contributed by atoms with Crippen LogP contribution in [0.3, 0.4) is 0 Å². The summed E-state index contributed by atoms with van der Waals surface area (Å²) in [4.78, 5) is 24.0. The van der Waals surface area contributed by atoms with Gasteiger partial charge in [0.05, 0.1) is 11.5 Å². The minimum Gasteiger partial charge on any atom is -0.494 e. The molecule has 0 saturated heterocycles. The van der Waals surface area contributed by atoms with E-state index in [-0.39, 0.29) is 30.2 Å². The third-order valence-electron chi connectivity index (χ3n) is 5.78. The lowest BCUT2D eigenvalue weighted by Crippen LogP contribution is -2.41. The first-order chi connectivity index (χ1) is 18.2. The van der Waals surface area contributed by atoms with Crippen molar-refractivity contribution in [1.29, 1.82) is 0 Å². The third-order valence-corrected chi connectivity index (χ3v) is 7.52. The first-order valence-electron chi connectivity index (χ1n) is 12.3. The van der Waals surface area contributed by atoms with Crippen molar-refractivity contribution in [3.8, 4) is 16.9 Å². The summed E-state index contributed by atoms with van der Waals surface area (Å²) in [5.41, 5.74) is 2.11. The molecule has 0 aliphatic carbocycles. The normalized spacial score (nSPS) is 12.1. The summed E-state index contributed by atoms with van der Waals surface area (Å²) >= 11 is 5.91. The molecule has 1 unspecified atom stereocenters. The van der Waals surface area contributed by atoms with E-state index in [1.54, 1.807) is 48.5 Å². The largest absolute Gasteiger partial charge is 0.494 e. The van der Waals surface area contributed by atoms with Crippen LogP contribution in [0.2, 0.25) is 5.02 Å². The van der Waals surface area contributed by atoms with Gasteiger partial charge < -0.3 is 15.2 Å². The summed E-state index contributed by atoms with van der Waals surface area (Å²) in [6.45, 7) is 2.88. The molecule has 0 aliphatic rings. The molecule has 0 bridgehead atoms. The number of ether oxygens (including phenoxy) is 1. The Labute approximate surface area is 228 Å². The molecular formula is C28H31ClN2O6S. The Morgan fingerprint density at radius 3 is 2.11 bits per heavy atom. The van der Waals surface area contributed by atoms with Crippen LogP contribution in [0.15, 0.2) is 77.7 Å². The minimum absolute atomic E-state index is 0.00189. The Balaban J connectivity index is 1.51. The maximum absolute atomic E-state index is 12.8. The number of sulfonamides is 1. The summed E-state index contributed by atoms with van der Waals surface area (Å²) in [6.07, 6.45) is 2.25. The van der Waals surface area contributed by atoms with Gasteiger partial charge >= 0.3 is 5.97 Å². The Bertz CT molecular complexity index is 1310. The average Bonchev–Trinajstić information content (AvgIpc) is 2.91. The number of hydrogen-bond donors (Lipinski definition) is 3. The molecule has 0 aromatic heterocycles. The summed E-state index contributed by atoms with van der Waals surface area (Å²) < 4.78 is 33.4. The van der Waals surface area contributed by atoms with E-state index in [0.717, 1.165) is 24.0 Å². The smallest absolute Gasteiger partial charge is 0.321 e. The van der Waals surface area contributed by atoms with Gasteiger partial charge in [-0.05, 0) is 78.9 Å². The Morgan fingerprint density at radius 1 is 0.921 bits per heavy atom. The molecule has 3 rings (SSSR count). The number of benzene rings is 3. The van der Waals surface area contributed by atoms with E-state index in [4.69, 9.17) is 16.3 Å². The van der Waals surface area contributed by atoms with Crippen molar-refractivity contribution in [2.45, 2.75) is 43.5 Å². The van der Waals surface area contributed by atoms with E-state index in [0.29, 0.717) is 22.9 Å². The summed E-state index contributed by atoms with van der Waals surface area (Å²) in [5.74, 6) is -0.916. The summed E-state index contributed by atoms with van der Waals surface area (Å²) in [7, 11) is -4.07. The van der Waals surface area contributed by atoms with E-state index in [2.05, 4.69) is 17.0 Å². The number of carbonyl (C=O) groups excluding carboxylic acids is 1. The van der Waals surface area contributed by atoms with Gasteiger partial charge in [-0.15, -0.1) is 0 Å². The van der Waals surface area contributed by atoms with Crippen LogP contribution in [0, 0.1) is 0 Å². The Hall–Kier alpha value is -3.40. The SMILES string of the molecule is CCCCOc1ccc(C(=O)NCCCC(NS(=O)(=O)c2ccc(-c3ccc(Cl)cc3)cc2)C(=O)O)cc1. The van der Waals surface area contributed by atoms with E-state index < -0.39 is 22.0 Å². The second-order valence-electron chi connectivity index (χ2n) is 8.67. The minimum atomic E-state index is -4.07. The molecule has 10 heteroatoms. The highest BCUT2D eigenvalue weighted by molar-refractivity contribution is 7.89. The van der Waals surface area contributed by atoms with Crippen LogP contribution >= 0.6 is 11.6 Å². The van der Waals surface area contributed by atoms with Crippen LogP contribution in [-0.2, 0) is 14.8 Å². The zero-order valence-corrected chi connectivity index (χ0v) is 22.6. The zero-order chi connectivity index (χ0) is 27.5. The monoisotopic (exact) mass is 558 g/mol. The van der Waals surface area contributed by atoms with Gasteiger partial charge in [0.1, 0.15) is 11.8 Å². The van der Waals surface area contributed by atoms with Gasteiger partial charge in [0.15, 0.2) is 0 Å². The van der Waals surface area contributed by atoms with Gasteiger partial charge in [-0.3, -0.25) is 9.59 Å². The molecule has 38 heavy (non-hydrogen) atoms. The Morgan fingerprint density at radius 2 is 1.53 bits per heavy atom. The highest BCUT2D eigenvalue weighted by Gasteiger charge is 2.25. The van der Waals surface area contributed by atoms with Gasteiger partial charge in [-0.25, -0.2) is 8.42 Å². The van der Waals surface area contributed by atoms with Crippen LogP contribution < -0.4 is 14.8 Å². The quantitative estimate of drug-likeness (QED) is 0.236. The van der Waals surface area contributed by atoms with Crippen LogP contribution in [-0.4, -0.2) is 44.6 Å². The maximum atomic E-state index is 12.8. The van der Waals surface area contributed by atoms with Crippen molar-refractivity contribution in [2.75, 3.05) is 13.2 Å². The molecular weight excluding hydrogens is 528 g/mol. The van der Waals surface area contributed by atoms with Gasteiger partial charge in [0.25, 0.3) is 5.91 Å². The highest BCUT2D eigenvalue weighted by Crippen LogP contribution is 2.23. The fourth-order valence-electron chi connectivity index (χ4n) is 3.60. The molecule has 1 amide bonds. The van der Waals surface area contributed by atoms with Crippen molar-refractivity contribution >= 4 is 33.5 Å². The zero-order valence-electron chi connectivity index (χ0n) is 21.0. The lowest BCUT2D eigenvalue weighted by Gasteiger charge is -2.15. The number of carboxylic acid groups (broad SMARTS) is 1. The number of halogens is 1. The molecule has 0 fully saturated rings. The first kappa shape index (κ1) is 29.2. The number of hydrogen-bond acceptors (Lipinski definition) is 5. The molecule has 3 N–H and O–H groups in total. The van der Waals surface area contributed by atoms with Crippen LogP contribution in [0.5, 0.6) is 5.75 Å². The maximum Gasteiger partial charge on any atom is 0.321 e. The number of nitrogens with one attached hydrogen (secondary N) is 2. The van der Waals surface area contributed by atoms with Crippen LogP contribution in [0.25, 0.3) is 11.1 Å². The molecule has 3 aromatic rings. The van der Waals surface area contributed by atoms with E-state index in [9.17, 15) is 23.1 Å². The molecule has 202 valence electrons. The van der Waals surface area contributed by atoms with E-state index >= 15 is 0 Å². The molecule has 0 heterocycles. The number of amides is 1. The lowest BCUT2D eigenvalue weighted by atomic mass is 10.1. The number of rotatable bonds is 14. The van der Waals surface area contributed by atoms with Crippen LogP contribution in [0.1, 0.15) is 43.0 Å². The molecule has 1 atom stereocenters. The van der Waals surface area contributed by atoms with Gasteiger partial charge in [0.2, 0.25) is 10.0 Å². The van der Waals surface area contributed by atoms with Crippen molar-refractivity contribution in [1.82, 2.24) is 10.0 Å². The predicted molar refractivity (Wildman–Crippen MR) is 147 cm³/mol. The second-order valence-corrected chi connectivity index (χ2v) is 10.8. The number of carboxylic acids is 1.